The maximum Gasteiger partial charge on any atom is 0.231 e. The molecule has 3 rings (SSSR count). The first-order valence-corrected chi connectivity index (χ1v) is 8.21. The molecule has 1 heterocycles. The molecule has 1 aliphatic rings. The summed E-state index contributed by atoms with van der Waals surface area (Å²) in [6.45, 7) is 2.38. The molecule has 2 aromatic rings. The molecule has 0 bridgehead atoms. The van der Waals surface area contributed by atoms with Crippen molar-refractivity contribution in [2.45, 2.75) is 19.4 Å². The topological polar surface area (TPSA) is 51.8 Å². The standard InChI is InChI=1S/C18H20N2O3S/c1-3-15(12-4-7-14(21-2)8-5-12)20-18(24)19-13-6-9-16-17(10-13)23-11-22-16/h4-10,15H,3,11H2,1-2H3,(H2,19,20,24). The number of thiocarbonyl (C=S) groups is 1. The first kappa shape index (κ1) is 16.4. The van der Waals surface area contributed by atoms with Crippen molar-refractivity contribution in [2.75, 3.05) is 19.2 Å². The van der Waals surface area contributed by atoms with E-state index in [4.69, 9.17) is 26.4 Å². The Hall–Kier alpha value is -2.47. The van der Waals surface area contributed by atoms with Crippen molar-refractivity contribution in [1.29, 1.82) is 0 Å². The van der Waals surface area contributed by atoms with Crippen LogP contribution in [0.2, 0.25) is 0 Å². The van der Waals surface area contributed by atoms with Crippen molar-refractivity contribution >= 4 is 23.0 Å². The number of ether oxygens (including phenoxy) is 3. The van der Waals surface area contributed by atoms with Crippen LogP contribution >= 0.6 is 12.2 Å². The van der Waals surface area contributed by atoms with Crippen LogP contribution in [0.3, 0.4) is 0 Å². The van der Waals surface area contributed by atoms with Crippen LogP contribution in [0.4, 0.5) is 5.69 Å². The predicted molar refractivity (Wildman–Crippen MR) is 97.9 cm³/mol. The van der Waals surface area contributed by atoms with E-state index in [1.807, 2.05) is 42.5 Å². The lowest BCUT2D eigenvalue weighted by Gasteiger charge is -2.20. The lowest BCUT2D eigenvalue weighted by molar-refractivity contribution is 0.174. The van der Waals surface area contributed by atoms with Gasteiger partial charge < -0.3 is 24.8 Å². The van der Waals surface area contributed by atoms with Gasteiger partial charge in [-0.2, -0.15) is 0 Å². The van der Waals surface area contributed by atoms with Gasteiger partial charge in [0.2, 0.25) is 6.79 Å². The summed E-state index contributed by atoms with van der Waals surface area (Å²) in [4.78, 5) is 0. The summed E-state index contributed by atoms with van der Waals surface area (Å²) >= 11 is 5.44. The number of methoxy groups -OCH3 is 1. The third-order valence-corrected chi connectivity index (χ3v) is 4.08. The van der Waals surface area contributed by atoms with Gasteiger partial charge in [0, 0.05) is 11.8 Å². The number of benzene rings is 2. The van der Waals surface area contributed by atoms with E-state index in [-0.39, 0.29) is 12.8 Å². The molecule has 24 heavy (non-hydrogen) atoms. The van der Waals surface area contributed by atoms with Gasteiger partial charge in [0.05, 0.1) is 13.2 Å². The van der Waals surface area contributed by atoms with Gasteiger partial charge in [-0.1, -0.05) is 19.1 Å². The van der Waals surface area contributed by atoms with E-state index in [9.17, 15) is 0 Å². The van der Waals surface area contributed by atoms with Crippen LogP contribution in [0, 0.1) is 0 Å². The zero-order valence-corrected chi connectivity index (χ0v) is 14.5. The molecule has 0 saturated carbocycles. The predicted octanol–water partition coefficient (Wildman–Crippen LogP) is 3.86. The minimum atomic E-state index is 0.130. The van der Waals surface area contributed by atoms with E-state index < -0.39 is 0 Å². The van der Waals surface area contributed by atoms with E-state index in [2.05, 4.69) is 17.6 Å². The number of anilines is 1. The monoisotopic (exact) mass is 344 g/mol. The maximum absolute atomic E-state index is 5.44. The zero-order valence-electron chi connectivity index (χ0n) is 13.7. The summed E-state index contributed by atoms with van der Waals surface area (Å²) < 4.78 is 15.9. The second-order valence-corrected chi connectivity index (χ2v) is 5.81. The molecule has 2 aromatic carbocycles. The molecule has 0 saturated heterocycles. The van der Waals surface area contributed by atoms with Crippen LogP contribution in [0.1, 0.15) is 24.9 Å². The Bertz CT molecular complexity index is 719. The minimum absolute atomic E-state index is 0.130. The van der Waals surface area contributed by atoms with Crippen molar-refractivity contribution in [3.8, 4) is 17.2 Å². The molecule has 2 N–H and O–H groups in total. The molecule has 1 aliphatic heterocycles. The van der Waals surface area contributed by atoms with Gasteiger partial charge in [0.15, 0.2) is 16.6 Å². The van der Waals surface area contributed by atoms with Crippen molar-refractivity contribution < 1.29 is 14.2 Å². The van der Waals surface area contributed by atoms with E-state index in [1.165, 1.54) is 0 Å². The van der Waals surface area contributed by atoms with Crippen molar-refractivity contribution in [2.24, 2.45) is 0 Å². The summed E-state index contributed by atoms with van der Waals surface area (Å²) in [5.74, 6) is 2.32. The normalized spacial score (nSPS) is 13.2. The van der Waals surface area contributed by atoms with E-state index in [0.717, 1.165) is 34.9 Å². The van der Waals surface area contributed by atoms with Gasteiger partial charge >= 0.3 is 0 Å². The van der Waals surface area contributed by atoms with Crippen molar-refractivity contribution in [3.05, 3.63) is 48.0 Å². The van der Waals surface area contributed by atoms with Crippen LogP contribution in [0.25, 0.3) is 0 Å². The molecule has 6 heteroatoms. The second kappa shape index (κ2) is 7.40. The fourth-order valence-electron chi connectivity index (χ4n) is 2.56. The molecule has 0 amide bonds. The molecule has 0 radical (unpaired) electrons. The average Bonchev–Trinajstić information content (AvgIpc) is 3.07. The second-order valence-electron chi connectivity index (χ2n) is 5.40. The van der Waals surface area contributed by atoms with Crippen LogP contribution in [-0.2, 0) is 0 Å². The average molecular weight is 344 g/mol. The van der Waals surface area contributed by atoms with E-state index in [1.54, 1.807) is 7.11 Å². The highest BCUT2D eigenvalue weighted by molar-refractivity contribution is 7.80. The molecule has 1 atom stereocenters. The molecule has 0 spiro atoms. The summed E-state index contributed by atoms with van der Waals surface area (Å²) in [6.07, 6.45) is 0.912. The van der Waals surface area contributed by atoms with Gasteiger partial charge in [-0.15, -0.1) is 0 Å². The van der Waals surface area contributed by atoms with Gasteiger partial charge in [-0.3, -0.25) is 0 Å². The summed E-state index contributed by atoms with van der Waals surface area (Å²) in [5.41, 5.74) is 2.02. The molecule has 0 fully saturated rings. The Balaban J connectivity index is 1.63. The summed E-state index contributed by atoms with van der Waals surface area (Å²) in [7, 11) is 1.66. The number of rotatable bonds is 5. The maximum atomic E-state index is 5.44. The molecular formula is C18H20N2O3S. The Kier molecular flexibility index (Phi) is 5.05. The lowest BCUT2D eigenvalue weighted by Crippen LogP contribution is -2.32. The summed E-state index contributed by atoms with van der Waals surface area (Å²) in [6, 6.07) is 13.8. The van der Waals surface area contributed by atoms with Crippen LogP contribution < -0.4 is 24.8 Å². The molecule has 5 nitrogen and oxygen atoms in total. The SMILES string of the molecule is CCC(NC(=S)Nc1ccc2c(c1)OCO2)c1ccc(OC)cc1. The van der Waals surface area contributed by atoms with Gasteiger partial charge in [0.25, 0.3) is 0 Å². The van der Waals surface area contributed by atoms with E-state index in [0.29, 0.717) is 5.11 Å². The third kappa shape index (κ3) is 3.71. The van der Waals surface area contributed by atoms with Crippen molar-refractivity contribution in [3.63, 3.8) is 0 Å². The third-order valence-electron chi connectivity index (χ3n) is 3.86. The molecule has 126 valence electrons. The Morgan fingerprint density at radius 2 is 1.92 bits per heavy atom. The van der Waals surface area contributed by atoms with Crippen LogP contribution in [-0.4, -0.2) is 19.0 Å². The number of hydrogen-bond acceptors (Lipinski definition) is 4. The number of nitrogens with one attached hydrogen (secondary N) is 2. The first-order valence-electron chi connectivity index (χ1n) is 7.80. The van der Waals surface area contributed by atoms with Gasteiger partial charge in [-0.05, 0) is 48.5 Å². The zero-order chi connectivity index (χ0) is 16.9. The smallest absolute Gasteiger partial charge is 0.231 e. The van der Waals surface area contributed by atoms with E-state index >= 15 is 0 Å². The minimum Gasteiger partial charge on any atom is -0.497 e. The highest BCUT2D eigenvalue weighted by Gasteiger charge is 2.15. The first-order chi connectivity index (χ1) is 11.7. The Morgan fingerprint density at radius 3 is 2.62 bits per heavy atom. The fraction of sp³-hybridized carbons (Fsp3) is 0.278. The quantitative estimate of drug-likeness (QED) is 0.803. The Morgan fingerprint density at radius 1 is 1.17 bits per heavy atom. The molecule has 0 aliphatic carbocycles. The van der Waals surface area contributed by atoms with Gasteiger partial charge in [0.1, 0.15) is 5.75 Å². The highest BCUT2D eigenvalue weighted by Crippen LogP contribution is 2.34. The molecule has 1 unspecified atom stereocenters. The highest BCUT2D eigenvalue weighted by atomic mass is 32.1. The van der Waals surface area contributed by atoms with Crippen molar-refractivity contribution in [1.82, 2.24) is 5.32 Å². The fourth-order valence-corrected chi connectivity index (χ4v) is 2.82. The van der Waals surface area contributed by atoms with Crippen LogP contribution in [0.15, 0.2) is 42.5 Å². The lowest BCUT2D eigenvalue weighted by atomic mass is 10.0. The number of fused-ring (bicyclic) bond motifs is 1. The largest absolute Gasteiger partial charge is 0.497 e. The van der Waals surface area contributed by atoms with Gasteiger partial charge in [-0.25, -0.2) is 0 Å². The molecular weight excluding hydrogens is 324 g/mol. The Labute approximate surface area is 146 Å². The number of hydrogen-bond donors (Lipinski definition) is 2. The summed E-state index contributed by atoms with van der Waals surface area (Å²) in [5, 5.41) is 7.10. The van der Waals surface area contributed by atoms with Crippen LogP contribution in [0.5, 0.6) is 17.2 Å². The molecule has 0 aromatic heterocycles.